The lowest BCUT2D eigenvalue weighted by Gasteiger charge is -2.21. The number of amides is 1. The molecule has 1 amide bonds. The molecule has 7 heteroatoms. The van der Waals surface area contributed by atoms with Crippen LogP contribution in [0.1, 0.15) is 19.8 Å². The maximum Gasteiger partial charge on any atom is 0.266 e. The van der Waals surface area contributed by atoms with Crippen molar-refractivity contribution in [3.05, 3.63) is 58.9 Å². The maximum absolute atomic E-state index is 13.4. The number of aromatic nitrogens is 2. The number of hydrogen-bond acceptors (Lipinski definition) is 5. The van der Waals surface area contributed by atoms with Crippen LogP contribution in [-0.2, 0) is 4.79 Å². The molecule has 4 rings (SSSR count). The zero-order valence-electron chi connectivity index (χ0n) is 16.5. The van der Waals surface area contributed by atoms with Crippen LogP contribution in [0.15, 0.2) is 58.5 Å². The topological polar surface area (TPSA) is 64.4 Å². The molecular formula is C22H23N3O3S. The van der Waals surface area contributed by atoms with Crippen LogP contribution in [0.2, 0.25) is 0 Å². The van der Waals surface area contributed by atoms with Gasteiger partial charge in [0.15, 0.2) is 5.16 Å². The van der Waals surface area contributed by atoms with Crippen LogP contribution in [0.5, 0.6) is 5.75 Å². The molecule has 2 heterocycles. The van der Waals surface area contributed by atoms with Gasteiger partial charge in [-0.2, -0.15) is 0 Å². The number of carbonyl (C=O) groups excluding carboxylic acids is 1. The van der Waals surface area contributed by atoms with Crippen molar-refractivity contribution in [2.75, 3.05) is 20.2 Å². The molecule has 0 radical (unpaired) electrons. The summed E-state index contributed by atoms with van der Waals surface area (Å²) >= 11 is 1.31. The number of benzene rings is 2. The molecule has 1 aliphatic rings. The first-order chi connectivity index (χ1) is 14.1. The molecule has 0 bridgehead atoms. The van der Waals surface area contributed by atoms with E-state index < -0.39 is 0 Å². The van der Waals surface area contributed by atoms with E-state index in [0.717, 1.165) is 25.9 Å². The first kappa shape index (κ1) is 19.5. The van der Waals surface area contributed by atoms with Gasteiger partial charge in [-0.15, -0.1) is 0 Å². The van der Waals surface area contributed by atoms with Gasteiger partial charge < -0.3 is 9.64 Å². The van der Waals surface area contributed by atoms with Gasteiger partial charge in [0.1, 0.15) is 5.75 Å². The van der Waals surface area contributed by atoms with E-state index in [1.165, 1.54) is 11.8 Å². The highest BCUT2D eigenvalue weighted by molar-refractivity contribution is 8.00. The lowest BCUT2D eigenvalue weighted by Crippen LogP contribution is -2.34. The average Bonchev–Trinajstić information content (AvgIpc) is 3.28. The van der Waals surface area contributed by atoms with Gasteiger partial charge in [-0.05, 0) is 44.0 Å². The molecule has 3 aromatic rings. The minimum Gasteiger partial charge on any atom is -0.495 e. The van der Waals surface area contributed by atoms with Crippen molar-refractivity contribution >= 4 is 28.6 Å². The fraction of sp³-hybridized carbons (Fsp3) is 0.318. The second-order valence-corrected chi connectivity index (χ2v) is 8.32. The third-order valence-electron chi connectivity index (χ3n) is 5.12. The smallest absolute Gasteiger partial charge is 0.266 e. The lowest BCUT2D eigenvalue weighted by molar-refractivity contribution is -0.129. The summed E-state index contributed by atoms with van der Waals surface area (Å²) in [4.78, 5) is 32.8. The van der Waals surface area contributed by atoms with Gasteiger partial charge in [-0.3, -0.25) is 14.2 Å². The van der Waals surface area contributed by atoms with Gasteiger partial charge in [-0.25, -0.2) is 4.98 Å². The largest absolute Gasteiger partial charge is 0.495 e. The second-order valence-electron chi connectivity index (χ2n) is 7.02. The van der Waals surface area contributed by atoms with E-state index >= 15 is 0 Å². The fourth-order valence-electron chi connectivity index (χ4n) is 3.62. The van der Waals surface area contributed by atoms with Crippen LogP contribution in [0, 0.1) is 0 Å². The molecule has 0 spiro atoms. The Bertz CT molecular complexity index is 1110. The number of methoxy groups -OCH3 is 1. The summed E-state index contributed by atoms with van der Waals surface area (Å²) in [5.41, 5.74) is 1.05. The predicted molar refractivity (Wildman–Crippen MR) is 115 cm³/mol. The van der Waals surface area contributed by atoms with Gasteiger partial charge in [0, 0.05) is 13.1 Å². The van der Waals surface area contributed by atoms with Gasteiger partial charge in [0.25, 0.3) is 5.56 Å². The Hall–Kier alpha value is -2.80. The van der Waals surface area contributed by atoms with E-state index in [-0.39, 0.29) is 16.7 Å². The Balaban J connectivity index is 1.83. The highest BCUT2D eigenvalue weighted by atomic mass is 32.2. The summed E-state index contributed by atoms with van der Waals surface area (Å²) in [6.45, 7) is 3.47. The molecule has 1 saturated heterocycles. The molecule has 1 aliphatic heterocycles. The Labute approximate surface area is 173 Å². The summed E-state index contributed by atoms with van der Waals surface area (Å²) in [5.74, 6) is 0.661. The highest BCUT2D eigenvalue weighted by Gasteiger charge is 2.26. The molecule has 0 saturated carbocycles. The average molecular weight is 410 g/mol. The molecule has 0 aliphatic carbocycles. The quantitative estimate of drug-likeness (QED) is 0.477. The summed E-state index contributed by atoms with van der Waals surface area (Å²) in [5, 5.41) is 0.668. The number of hydrogen-bond donors (Lipinski definition) is 0. The maximum atomic E-state index is 13.4. The van der Waals surface area contributed by atoms with Crippen molar-refractivity contribution in [2.24, 2.45) is 0 Å². The van der Waals surface area contributed by atoms with Crippen molar-refractivity contribution in [1.29, 1.82) is 0 Å². The number of nitrogens with zero attached hydrogens (tertiary/aromatic N) is 3. The Morgan fingerprint density at radius 1 is 1.10 bits per heavy atom. The first-order valence-electron chi connectivity index (χ1n) is 9.71. The monoisotopic (exact) mass is 409 g/mol. The number of thioether (sulfide) groups is 1. The number of likely N-dealkylation sites (tertiary alicyclic amines) is 1. The molecule has 150 valence electrons. The number of carbonyl (C=O) groups is 1. The Morgan fingerprint density at radius 2 is 1.79 bits per heavy atom. The standard InChI is InChI=1S/C22H23N3O3S/c1-15(20(26)24-13-7-8-14-24)29-22-23-17-10-4-3-9-16(17)21(27)25(22)18-11-5-6-12-19(18)28-2/h3-6,9-12,15H,7-8,13-14H2,1-2H3/t15-/m1/s1. The normalized spacial score (nSPS) is 14.9. The fourth-order valence-corrected chi connectivity index (χ4v) is 4.63. The van der Waals surface area contributed by atoms with Crippen LogP contribution in [-0.4, -0.2) is 45.8 Å². The Morgan fingerprint density at radius 3 is 2.55 bits per heavy atom. The third-order valence-corrected chi connectivity index (χ3v) is 6.16. The summed E-state index contributed by atoms with van der Waals surface area (Å²) < 4.78 is 7.04. The van der Waals surface area contributed by atoms with Crippen LogP contribution >= 0.6 is 11.8 Å². The van der Waals surface area contributed by atoms with E-state index in [0.29, 0.717) is 27.5 Å². The summed E-state index contributed by atoms with van der Waals surface area (Å²) in [6.07, 6.45) is 2.09. The van der Waals surface area contributed by atoms with E-state index in [2.05, 4.69) is 0 Å². The number of ether oxygens (including phenoxy) is 1. The van der Waals surface area contributed by atoms with Gasteiger partial charge in [0.2, 0.25) is 5.91 Å². The number of para-hydroxylation sites is 3. The van der Waals surface area contributed by atoms with Gasteiger partial charge >= 0.3 is 0 Å². The number of rotatable bonds is 5. The van der Waals surface area contributed by atoms with Gasteiger partial charge in [0.05, 0.1) is 29.0 Å². The van der Waals surface area contributed by atoms with Crippen LogP contribution in [0.25, 0.3) is 16.6 Å². The van der Waals surface area contributed by atoms with E-state index in [4.69, 9.17) is 9.72 Å². The number of fused-ring (bicyclic) bond motifs is 1. The van der Waals surface area contributed by atoms with E-state index in [1.807, 2.05) is 54.3 Å². The molecule has 0 N–H and O–H groups in total. The summed E-state index contributed by atoms with van der Waals surface area (Å²) in [6, 6.07) is 14.6. The zero-order valence-corrected chi connectivity index (χ0v) is 17.3. The molecule has 0 unspecified atom stereocenters. The molecule has 2 aromatic carbocycles. The van der Waals surface area contributed by atoms with E-state index in [9.17, 15) is 9.59 Å². The SMILES string of the molecule is COc1ccccc1-n1c(S[C@H](C)C(=O)N2CCCC2)nc2ccccc2c1=O. The predicted octanol–water partition coefficient (Wildman–Crippen LogP) is 3.50. The summed E-state index contributed by atoms with van der Waals surface area (Å²) in [7, 11) is 1.57. The molecule has 6 nitrogen and oxygen atoms in total. The lowest BCUT2D eigenvalue weighted by atomic mass is 10.2. The molecular weight excluding hydrogens is 386 g/mol. The van der Waals surface area contributed by atoms with Gasteiger partial charge in [-0.1, -0.05) is 36.0 Å². The van der Waals surface area contributed by atoms with E-state index in [1.54, 1.807) is 17.7 Å². The minimum atomic E-state index is -0.345. The second kappa shape index (κ2) is 8.29. The molecule has 1 fully saturated rings. The van der Waals surface area contributed by atoms with Crippen molar-refractivity contribution in [1.82, 2.24) is 14.5 Å². The van der Waals surface area contributed by atoms with Crippen molar-refractivity contribution in [2.45, 2.75) is 30.2 Å². The molecule has 1 atom stereocenters. The van der Waals surface area contributed by atoms with Crippen LogP contribution in [0.4, 0.5) is 0 Å². The van der Waals surface area contributed by atoms with Crippen molar-refractivity contribution in [3.8, 4) is 11.4 Å². The minimum absolute atomic E-state index is 0.0847. The van der Waals surface area contributed by atoms with Crippen LogP contribution in [0.3, 0.4) is 0 Å². The first-order valence-corrected chi connectivity index (χ1v) is 10.6. The van der Waals surface area contributed by atoms with Crippen molar-refractivity contribution < 1.29 is 9.53 Å². The Kier molecular flexibility index (Phi) is 5.58. The zero-order chi connectivity index (χ0) is 20.4. The highest BCUT2D eigenvalue weighted by Crippen LogP contribution is 2.30. The third kappa shape index (κ3) is 3.74. The van der Waals surface area contributed by atoms with Crippen LogP contribution < -0.4 is 10.3 Å². The van der Waals surface area contributed by atoms with Crippen molar-refractivity contribution in [3.63, 3.8) is 0 Å². The molecule has 1 aromatic heterocycles. The molecule has 29 heavy (non-hydrogen) atoms.